The second kappa shape index (κ2) is 8.54. The normalized spacial score (nSPS) is 13.2. The Hall–Kier alpha value is -0.870. The summed E-state index contributed by atoms with van der Waals surface area (Å²) in [4.78, 5) is 0. The van der Waals surface area contributed by atoms with Gasteiger partial charge in [0.25, 0.3) is 0 Å². The van der Waals surface area contributed by atoms with Crippen LogP contribution < -0.4 is 10.1 Å². The Morgan fingerprint density at radius 3 is 2.57 bits per heavy atom. The molecule has 0 aliphatic carbocycles. The molecule has 0 saturated heterocycles. The molecule has 120 valence electrons. The third-order valence-electron chi connectivity index (χ3n) is 3.21. The van der Waals surface area contributed by atoms with Crippen molar-refractivity contribution in [2.45, 2.75) is 58.4 Å². The van der Waals surface area contributed by atoms with Gasteiger partial charge in [-0.25, -0.2) is 0 Å². The van der Waals surface area contributed by atoms with Gasteiger partial charge in [-0.3, -0.25) is 4.21 Å². The molecule has 1 aromatic rings. The third-order valence-corrected chi connectivity index (χ3v) is 4.59. The van der Waals surface area contributed by atoms with Crippen LogP contribution in [0.5, 0.6) is 5.75 Å². The van der Waals surface area contributed by atoms with Gasteiger partial charge in [-0.15, -0.1) is 0 Å². The van der Waals surface area contributed by atoms with Crippen molar-refractivity contribution in [3.63, 3.8) is 0 Å². The third kappa shape index (κ3) is 7.09. The first kappa shape index (κ1) is 18.2. The highest BCUT2D eigenvalue weighted by Crippen LogP contribution is 2.22. The molecule has 0 heterocycles. The summed E-state index contributed by atoms with van der Waals surface area (Å²) >= 11 is 0. The summed E-state index contributed by atoms with van der Waals surface area (Å²) in [5.41, 5.74) is 2.33. The molecule has 1 atom stereocenters. The molecule has 21 heavy (non-hydrogen) atoms. The number of benzene rings is 1. The van der Waals surface area contributed by atoms with Crippen LogP contribution in [0.4, 0.5) is 0 Å². The van der Waals surface area contributed by atoms with Gasteiger partial charge in [0, 0.05) is 34.2 Å². The first-order valence-corrected chi connectivity index (χ1v) is 9.10. The van der Waals surface area contributed by atoms with Crippen LogP contribution >= 0.6 is 0 Å². The highest BCUT2D eigenvalue weighted by Gasteiger charge is 2.11. The number of hydrogen-bond acceptors (Lipinski definition) is 3. The molecule has 1 aromatic carbocycles. The van der Waals surface area contributed by atoms with Gasteiger partial charge < -0.3 is 10.1 Å². The summed E-state index contributed by atoms with van der Waals surface area (Å²) in [5.74, 6) is 2.18. The first-order valence-electron chi connectivity index (χ1n) is 7.61. The van der Waals surface area contributed by atoms with Crippen molar-refractivity contribution < 1.29 is 8.95 Å². The number of nitrogens with one attached hydrogen (secondary N) is 1. The minimum absolute atomic E-state index is 0.0873. The maximum absolute atomic E-state index is 12.1. The van der Waals surface area contributed by atoms with E-state index in [1.165, 1.54) is 5.56 Å². The smallest absolute Gasteiger partial charge is 0.123 e. The van der Waals surface area contributed by atoms with Crippen LogP contribution in [-0.4, -0.2) is 22.6 Å². The number of ether oxygens (including phenoxy) is 1. The molecule has 0 fully saturated rings. The predicted molar refractivity (Wildman–Crippen MR) is 91.2 cm³/mol. The highest BCUT2D eigenvalue weighted by atomic mass is 32.2. The average Bonchev–Trinajstić information content (AvgIpc) is 2.42. The van der Waals surface area contributed by atoms with Gasteiger partial charge in [0.05, 0.1) is 12.9 Å². The Morgan fingerprint density at radius 1 is 1.29 bits per heavy atom. The summed E-state index contributed by atoms with van der Waals surface area (Å²) in [5, 5.41) is 3.47. The van der Waals surface area contributed by atoms with Gasteiger partial charge in [0.1, 0.15) is 5.75 Å². The second-order valence-electron chi connectivity index (χ2n) is 6.39. The Kier molecular flexibility index (Phi) is 7.40. The molecular formula is C17H29NO2S. The van der Waals surface area contributed by atoms with Crippen molar-refractivity contribution >= 4 is 10.8 Å². The Balaban J connectivity index is 2.78. The summed E-state index contributed by atoms with van der Waals surface area (Å²) in [6.07, 6.45) is 2.10. The molecule has 0 bridgehead atoms. The van der Waals surface area contributed by atoms with E-state index in [1.807, 2.05) is 6.07 Å². The second-order valence-corrected chi connectivity index (χ2v) is 7.97. The van der Waals surface area contributed by atoms with Crippen LogP contribution in [0.15, 0.2) is 18.2 Å². The lowest BCUT2D eigenvalue weighted by Crippen LogP contribution is -2.35. The lowest BCUT2D eigenvalue weighted by atomic mass is 10.1. The van der Waals surface area contributed by atoms with E-state index in [0.29, 0.717) is 5.75 Å². The molecule has 1 N–H and O–H groups in total. The Labute approximate surface area is 131 Å². The van der Waals surface area contributed by atoms with Gasteiger partial charge in [-0.2, -0.15) is 0 Å². The molecule has 4 heteroatoms. The number of hydrogen-bond donors (Lipinski definition) is 1. The predicted octanol–water partition coefficient (Wildman–Crippen LogP) is 3.63. The summed E-state index contributed by atoms with van der Waals surface area (Å²) < 4.78 is 17.5. The zero-order valence-corrected chi connectivity index (χ0v) is 14.8. The lowest BCUT2D eigenvalue weighted by Gasteiger charge is -2.21. The summed E-state index contributed by atoms with van der Waals surface area (Å²) in [6.45, 7) is 9.38. The summed E-state index contributed by atoms with van der Waals surface area (Å²) in [6, 6.07) is 6.16. The van der Waals surface area contributed by atoms with Gasteiger partial charge in [0.2, 0.25) is 0 Å². The topological polar surface area (TPSA) is 38.3 Å². The standard InChI is InChI=1S/C17H29NO2S/c1-6-7-10-21(19)13-15-11-14(8-9-16(15)20-5)12-18-17(2,3)4/h8-9,11,18H,6-7,10,12-13H2,1-5H3. The van der Waals surface area contributed by atoms with E-state index in [-0.39, 0.29) is 5.54 Å². The average molecular weight is 311 g/mol. The van der Waals surface area contributed by atoms with E-state index >= 15 is 0 Å². The number of methoxy groups -OCH3 is 1. The van der Waals surface area contributed by atoms with Crippen molar-refractivity contribution in [3.05, 3.63) is 29.3 Å². The van der Waals surface area contributed by atoms with Crippen molar-refractivity contribution in [1.82, 2.24) is 5.32 Å². The molecule has 0 aromatic heterocycles. The van der Waals surface area contributed by atoms with E-state index in [1.54, 1.807) is 7.11 Å². The van der Waals surface area contributed by atoms with E-state index in [2.05, 4.69) is 45.1 Å². The fourth-order valence-corrected chi connectivity index (χ4v) is 3.30. The van der Waals surface area contributed by atoms with Crippen molar-refractivity contribution in [2.75, 3.05) is 12.9 Å². The van der Waals surface area contributed by atoms with Crippen LogP contribution in [0.3, 0.4) is 0 Å². The van der Waals surface area contributed by atoms with E-state index in [9.17, 15) is 4.21 Å². The van der Waals surface area contributed by atoms with Crippen LogP contribution in [-0.2, 0) is 23.1 Å². The van der Waals surface area contributed by atoms with Crippen molar-refractivity contribution in [3.8, 4) is 5.75 Å². The molecule has 0 aliphatic rings. The zero-order valence-electron chi connectivity index (χ0n) is 14.0. The molecule has 1 unspecified atom stereocenters. The molecule has 0 amide bonds. The zero-order chi connectivity index (χ0) is 15.9. The quantitative estimate of drug-likeness (QED) is 0.796. The minimum atomic E-state index is -0.812. The van der Waals surface area contributed by atoms with Gasteiger partial charge in [-0.1, -0.05) is 19.4 Å². The minimum Gasteiger partial charge on any atom is -0.496 e. The van der Waals surface area contributed by atoms with Crippen LogP contribution in [0.25, 0.3) is 0 Å². The SMILES string of the molecule is CCCCS(=O)Cc1cc(CNC(C)(C)C)ccc1OC. The van der Waals surface area contributed by atoms with Crippen molar-refractivity contribution in [2.24, 2.45) is 0 Å². The fraction of sp³-hybridized carbons (Fsp3) is 0.647. The lowest BCUT2D eigenvalue weighted by molar-refractivity contribution is 0.409. The monoisotopic (exact) mass is 311 g/mol. The molecule has 0 radical (unpaired) electrons. The molecule has 0 aliphatic heterocycles. The van der Waals surface area contributed by atoms with Crippen LogP contribution in [0, 0.1) is 0 Å². The number of unbranched alkanes of at least 4 members (excludes halogenated alkanes) is 1. The van der Waals surface area contributed by atoms with Gasteiger partial charge in [-0.05, 0) is 44.9 Å². The maximum Gasteiger partial charge on any atom is 0.123 e. The van der Waals surface area contributed by atoms with Crippen LogP contribution in [0.2, 0.25) is 0 Å². The fourth-order valence-electron chi connectivity index (χ4n) is 1.97. The Bertz CT molecular complexity index is 466. The van der Waals surface area contributed by atoms with E-state index < -0.39 is 10.8 Å². The largest absolute Gasteiger partial charge is 0.496 e. The maximum atomic E-state index is 12.1. The van der Waals surface area contributed by atoms with Gasteiger partial charge >= 0.3 is 0 Å². The molecule has 0 spiro atoms. The van der Waals surface area contributed by atoms with Crippen molar-refractivity contribution in [1.29, 1.82) is 0 Å². The highest BCUT2D eigenvalue weighted by molar-refractivity contribution is 7.84. The molecular weight excluding hydrogens is 282 g/mol. The van der Waals surface area contributed by atoms with E-state index in [4.69, 9.17) is 4.74 Å². The molecule has 3 nitrogen and oxygen atoms in total. The van der Waals surface area contributed by atoms with Gasteiger partial charge in [0.15, 0.2) is 0 Å². The van der Waals surface area contributed by atoms with E-state index in [0.717, 1.165) is 36.5 Å². The molecule has 0 saturated carbocycles. The Morgan fingerprint density at radius 2 is 2.00 bits per heavy atom. The molecule has 1 rings (SSSR count). The first-order chi connectivity index (χ1) is 9.85. The summed E-state index contributed by atoms with van der Waals surface area (Å²) in [7, 11) is 0.855. The number of rotatable bonds is 8. The van der Waals surface area contributed by atoms with Crippen LogP contribution in [0.1, 0.15) is 51.7 Å².